The number of hydrogen-bond donors (Lipinski definition) is 1. The van der Waals surface area contributed by atoms with Crippen molar-refractivity contribution in [3.05, 3.63) is 40.6 Å². The summed E-state index contributed by atoms with van der Waals surface area (Å²) in [5, 5.41) is 17.8. The molecule has 20 heavy (non-hydrogen) atoms. The van der Waals surface area contributed by atoms with Gasteiger partial charge in [0.05, 0.1) is 4.92 Å². The van der Waals surface area contributed by atoms with Crippen molar-refractivity contribution < 1.29 is 4.92 Å². The minimum atomic E-state index is -0.384. The van der Waals surface area contributed by atoms with Gasteiger partial charge < -0.3 is 4.90 Å². The lowest BCUT2D eigenvalue weighted by Gasteiger charge is -2.31. The van der Waals surface area contributed by atoms with Gasteiger partial charge in [-0.05, 0) is 18.9 Å². The van der Waals surface area contributed by atoms with E-state index in [4.69, 9.17) is 0 Å². The second kappa shape index (κ2) is 5.24. The van der Waals surface area contributed by atoms with Gasteiger partial charge in [0.15, 0.2) is 0 Å². The van der Waals surface area contributed by atoms with E-state index in [1.165, 1.54) is 12.4 Å². The standard InChI is InChI=1S/C12H14N6O2/c19-18(20)10-2-1-5-13-12(10)17-6-3-9(4-7-17)11-14-8-15-16-11/h1-2,5,8-9H,3-4,6-7H2,(H,14,15,16). The molecule has 0 unspecified atom stereocenters. The van der Waals surface area contributed by atoms with E-state index in [9.17, 15) is 10.1 Å². The molecule has 1 aliphatic rings. The highest BCUT2D eigenvalue weighted by Crippen LogP contribution is 2.31. The SMILES string of the molecule is O=[N+]([O-])c1cccnc1N1CCC(c2ncn[nH]2)CC1. The van der Waals surface area contributed by atoms with Gasteiger partial charge in [0.25, 0.3) is 0 Å². The van der Waals surface area contributed by atoms with Crippen molar-refractivity contribution in [3.63, 3.8) is 0 Å². The number of rotatable bonds is 3. The first kappa shape index (κ1) is 12.5. The van der Waals surface area contributed by atoms with Crippen molar-refractivity contribution in [3.8, 4) is 0 Å². The second-order valence-electron chi connectivity index (χ2n) is 4.74. The zero-order valence-corrected chi connectivity index (χ0v) is 10.8. The topological polar surface area (TPSA) is 101 Å². The molecule has 2 aromatic heterocycles. The molecule has 1 N–H and O–H groups in total. The number of anilines is 1. The first-order valence-electron chi connectivity index (χ1n) is 6.45. The predicted molar refractivity (Wildman–Crippen MR) is 71.5 cm³/mol. The van der Waals surface area contributed by atoms with Crippen LogP contribution < -0.4 is 4.90 Å². The maximum atomic E-state index is 11.0. The molecule has 3 rings (SSSR count). The lowest BCUT2D eigenvalue weighted by atomic mass is 9.96. The minimum absolute atomic E-state index is 0.0608. The number of aromatic nitrogens is 4. The van der Waals surface area contributed by atoms with Crippen LogP contribution in [0.4, 0.5) is 11.5 Å². The maximum absolute atomic E-state index is 11.0. The normalized spacial score (nSPS) is 16.3. The third-order valence-corrected chi connectivity index (χ3v) is 3.58. The highest BCUT2D eigenvalue weighted by molar-refractivity contribution is 5.57. The maximum Gasteiger partial charge on any atom is 0.311 e. The van der Waals surface area contributed by atoms with E-state index in [-0.39, 0.29) is 10.6 Å². The molecule has 0 bridgehead atoms. The molecule has 1 saturated heterocycles. The minimum Gasteiger partial charge on any atom is -0.351 e. The first-order chi connectivity index (χ1) is 9.75. The van der Waals surface area contributed by atoms with Gasteiger partial charge in [-0.3, -0.25) is 15.2 Å². The molecule has 2 aromatic rings. The van der Waals surface area contributed by atoms with Crippen LogP contribution >= 0.6 is 0 Å². The second-order valence-corrected chi connectivity index (χ2v) is 4.74. The third kappa shape index (κ3) is 2.31. The lowest BCUT2D eigenvalue weighted by Crippen LogP contribution is -2.34. The van der Waals surface area contributed by atoms with E-state index < -0.39 is 0 Å². The quantitative estimate of drug-likeness (QED) is 0.672. The molecular weight excluding hydrogens is 260 g/mol. The Kier molecular flexibility index (Phi) is 3.28. The van der Waals surface area contributed by atoms with Crippen LogP contribution in [0.2, 0.25) is 0 Å². The van der Waals surface area contributed by atoms with Crippen LogP contribution in [0.3, 0.4) is 0 Å². The van der Waals surface area contributed by atoms with Gasteiger partial charge >= 0.3 is 5.69 Å². The number of hydrogen-bond acceptors (Lipinski definition) is 6. The summed E-state index contributed by atoms with van der Waals surface area (Å²) in [6.07, 6.45) is 4.85. The number of nitrogens with one attached hydrogen (secondary N) is 1. The van der Waals surface area contributed by atoms with Crippen LogP contribution in [-0.4, -0.2) is 38.2 Å². The van der Waals surface area contributed by atoms with Gasteiger partial charge in [-0.2, -0.15) is 5.10 Å². The van der Waals surface area contributed by atoms with E-state index in [1.807, 2.05) is 4.90 Å². The Hall–Kier alpha value is -2.51. The van der Waals surface area contributed by atoms with E-state index in [0.717, 1.165) is 31.8 Å². The summed E-state index contributed by atoms with van der Waals surface area (Å²) >= 11 is 0. The molecule has 1 aliphatic heterocycles. The summed E-state index contributed by atoms with van der Waals surface area (Å²) in [7, 11) is 0. The van der Waals surface area contributed by atoms with Crippen molar-refractivity contribution in [2.24, 2.45) is 0 Å². The van der Waals surface area contributed by atoms with Gasteiger partial charge in [-0.25, -0.2) is 9.97 Å². The number of pyridine rings is 1. The molecule has 0 radical (unpaired) electrons. The molecule has 0 amide bonds. The number of nitrogens with zero attached hydrogens (tertiary/aromatic N) is 5. The fraction of sp³-hybridized carbons (Fsp3) is 0.417. The Morgan fingerprint density at radius 2 is 2.15 bits per heavy atom. The Balaban J connectivity index is 1.74. The Morgan fingerprint density at radius 1 is 1.35 bits per heavy atom. The van der Waals surface area contributed by atoms with Crippen LogP contribution in [0.25, 0.3) is 0 Å². The summed E-state index contributed by atoms with van der Waals surface area (Å²) in [5.41, 5.74) is 0.0608. The smallest absolute Gasteiger partial charge is 0.311 e. The van der Waals surface area contributed by atoms with Crippen molar-refractivity contribution in [1.29, 1.82) is 0 Å². The van der Waals surface area contributed by atoms with Crippen molar-refractivity contribution in [2.75, 3.05) is 18.0 Å². The van der Waals surface area contributed by atoms with E-state index in [2.05, 4.69) is 20.2 Å². The van der Waals surface area contributed by atoms with Crippen LogP contribution in [0.1, 0.15) is 24.6 Å². The summed E-state index contributed by atoms with van der Waals surface area (Å²) < 4.78 is 0. The van der Waals surface area contributed by atoms with Crippen molar-refractivity contribution in [1.82, 2.24) is 20.2 Å². The molecule has 3 heterocycles. The van der Waals surface area contributed by atoms with Gasteiger partial charge in [0.2, 0.25) is 5.82 Å². The Bertz CT molecular complexity index is 592. The highest BCUT2D eigenvalue weighted by atomic mass is 16.6. The average molecular weight is 274 g/mol. The van der Waals surface area contributed by atoms with E-state index in [1.54, 1.807) is 12.3 Å². The molecule has 0 aliphatic carbocycles. The molecule has 8 nitrogen and oxygen atoms in total. The molecule has 104 valence electrons. The zero-order chi connectivity index (χ0) is 13.9. The number of H-pyrrole nitrogens is 1. The molecule has 0 spiro atoms. The van der Waals surface area contributed by atoms with Crippen LogP contribution in [0, 0.1) is 10.1 Å². The fourth-order valence-corrected chi connectivity index (χ4v) is 2.55. The van der Waals surface area contributed by atoms with Gasteiger partial charge in [0, 0.05) is 31.3 Å². The number of piperidine rings is 1. The molecular formula is C12H14N6O2. The van der Waals surface area contributed by atoms with E-state index >= 15 is 0 Å². The largest absolute Gasteiger partial charge is 0.351 e. The van der Waals surface area contributed by atoms with Crippen molar-refractivity contribution in [2.45, 2.75) is 18.8 Å². The van der Waals surface area contributed by atoms with Gasteiger partial charge in [-0.1, -0.05) is 0 Å². The number of nitro groups is 1. The summed E-state index contributed by atoms with van der Waals surface area (Å²) in [6.45, 7) is 1.45. The molecule has 0 aromatic carbocycles. The monoisotopic (exact) mass is 274 g/mol. The van der Waals surface area contributed by atoms with E-state index in [0.29, 0.717) is 11.7 Å². The summed E-state index contributed by atoms with van der Waals surface area (Å²) in [6, 6.07) is 3.08. The van der Waals surface area contributed by atoms with Crippen LogP contribution in [0.5, 0.6) is 0 Å². The Morgan fingerprint density at radius 3 is 2.80 bits per heavy atom. The fourth-order valence-electron chi connectivity index (χ4n) is 2.55. The van der Waals surface area contributed by atoms with Crippen molar-refractivity contribution >= 4 is 11.5 Å². The predicted octanol–water partition coefficient (Wildman–Crippen LogP) is 1.49. The van der Waals surface area contributed by atoms with Crippen LogP contribution in [0.15, 0.2) is 24.7 Å². The summed E-state index contributed by atoms with van der Waals surface area (Å²) in [4.78, 5) is 20.9. The van der Waals surface area contributed by atoms with Gasteiger partial charge in [-0.15, -0.1) is 0 Å². The van der Waals surface area contributed by atoms with Crippen LogP contribution in [-0.2, 0) is 0 Å². The highest BCUT2D eigenvalue weighted by Gasteiger charge is 2.27. The third-order valence-electron chi connectivity index (χ3n) is 3.58. The summed E-state index contributed by atoms with van der Waals surface area (Å²) in [5.74, 6) is 1.67. The molecule has 0 atom stereocenters. The first-order valence-corrected chi connectivity index (χ1v) is 6.45. The zero-order valence-electron chi connectivity index (χ0n) is 10.8. The van der Waals surface area contributed by atoms with Gasteiger partial charge in [0.1, 0.15) is 12.2 Å². The number of aromatic amines is 1. The molecule has 1 fully saturated rings. The Labute approximate surface area is 115 Å². The average Bonchev–Trinajstić information content (AvgIpc) is 3.02. The lowest BCUT2D eigenvalue weighted by molar-refractivity contribution is -0.384. The molecule has 0 saturated carbocycles. The molecule has 8 heteroatoms.